The first-order chi connectivity index (χ1) is 2.77. The molecule has 0 bridgehead atoms. The topological polar surface area (TPSA) is 9.23 Å². The quantitative estimate of drug-likeness (QED) is 0.639. The largest absolute Gasteiger partial charge is 0.449 e. The number of halogens is 2. The molecular weight excluding hydrogens is 211 g/mol. The molecule has 0 heterocycles. The fraction of sp³-hybridized carbons (Fsp3) is 1.00. The van der Waals surface area contributed by atoms with Gasteiger partial charge in [0, 0.05) is 6.61 Å². The summed E-state index contributed by atoms with van der Waals surface area (Å²) in [5.41, 5.74) is 0. The molecule has 0 aliphatic heterocycles. The van der Waals surface area contributed by atoms with Crippen LogP contribution in [0.25, 0.3) is 0 Å². The number of rotatable bonds is 2. The fourth-order valence-corrected chi connectivity index (χ4v) is 0.655. The van der Waals surface area contributed by atoms with Crippen molar-refractivity contribution in [1.29, 1.82) is 0 Å². The number of hydrogen-bond acceptors (Lipinski definition) is 1. The van der Waals surface area contributed by atoms with Crippen molar-refractivity contribution in [2.75, 3.05) is 6.61 Å². The molecule has 0 unspecified atom stereocenters. The standard InChI is InChI=1S/C2H5BBr2O/c1-2-6-3(4)5/h2H2,1H3. The normalized spacial score (nSPS) is 8.50. The molecule has 36 valence electrons. The van der Waals surface area contributed by atoms with Crippen LogP contribution in [0.15, 0.2) is 0 Å². The molecule has 0 aromatic carbocycles. The first-order valence-corrected chi connectivity index (χ1v) is 3.50. The lowest BCUT2D eigenvalue weighted by atomic mass is 10.5. The summed E-state index contributed by atoms with van der Waals surface area (Å²) in [5.74, 6) is 0. The van der Waals surface area contributed by atoms with Crippen LogP contribution in [0.1, 0.15) is 6.92 Å². The van der Waals surface area contributed by atoms with Crippen LogP contribution < -0.4 is 0 Å². The minimum absolute atomic E-state index is 0.0231. The van der Waals surface area contributed by atoms with Crippen LogP contribution in [0.2, 0.25) is 0 Å². The SMILES string of the molecule is CCOB(Br)Br. The molecule has 0 amide bonds. The van der Waals surface area contributed by atoms with E-state index in [1.165, 1.54) is 0 Å². The summed E-state index contributed by atoms with van der Waals surface area (Å²) in [6.07, 6.45) is 0. The molecule has 0 saturated heterocycles. The van der Waals surface area contributed by atoms with E-state index in [0.717, 1.165) is 6.61 Å². The van der Waals surface area contributed by atoms with E-state index >= 15 is 0 Å². The van der Waals surface area contributed by atoms with Crippen molar-refractivity contribution < 1.29 is 4.65 Å². The van der Waals surface area contributed by atoms with Crippen molar-refractivity contribution in [2.45, 2.75) is 6.92 Å². The molecule has 0 aromatic rings. The van der Waals surface area contributed by atoms with Crippen molar-refractivity contribution in [3.05, 3.63) is 0 Å². The van der Waals surface area contributed by atoms with E-state index in [-0.39, 0.29) is 4.56 Å². The van der Waals surface area contributed by atoms with Gasteiger partial charge in [-0.15, -0.1) is 31.5 Å². The summed E-state index contributed by atoms with van der Waals surface area (Å²) in [6, 6.07) is 0. The van der Waals surface area contributed by atoms with Gasteiger partial charge in [0.25, 0.3) is 0 Å². The van der Waals surface area contributed by atoms with Crippen molar-refractivity contribution >= 4 is 36.1 Å². The van der Waals surface area contributed by atoms with Gasteiger partial charge in [-0.3, -0.25) is 0 Å². The van der Waals surface area contributed by atoms with Gasteiger partial charge in [0.15, 0.2) is 0 Å². The summed E-state index contributed by atoms with van der Waals surface area (Å²) < 4.78 is 4.90. The van der Waals surface area contributed by atoms with Crippen LogP contribution in [0, 0.1) is 0 Å². The molecule has 0 rings (SSSR count). The Morgan fingerprint density at radius 1 is 1.67 bits per heavy atom. The van der Waals surface area contributed by atoms with Gasteiger partial charge in [-0.05, 0) is 6.92 Å². The van der Waals surface area contributed by atoms with Crippen LogP contribution in [0.5, 0.6) is 0 Å². The van der Waals surface area contributed by atoms with Crippen LogP contribution >= 0.6 is 31.5 Å². The minimum Gasteiger partial charge on any atom is -0.417 e. The summed E-state index contributed by atoms with van der Waals surface area (Å²) in [7, 11) is 0. The lowest BCUT2D eigenvalue weighted by Gasteiger charge is -1.92. The summed E-state index contributed by atoms with van der Waals surface area (Å²) in [4.78, 5) is 0. The maximum absolute atomic E-state index is 4.88. The van der Waals surface area contributed by atoms with E-state index in [1.54, 1.807) is 0 Å². The van der Waals surface area contributed by atoms with Gasteiger partial charge in [0.2, 0.25) is 0 Å². The molecule has 0 spiro atoms. The van der Waals surface area contributed by atoms with Crippen molar-refractivity contribution in [3.8, 4) is 0 Å². The molecule has 0 saturated carbocycles. The first kappa shape index (κ1) is 6.98. The molecule has 1 nitrogen and oxygen atoms in total. The van der Waals surface area contributed by atoms with E-state index in [2.05, 4.69) is 31.5 Å². The van der Waals surface area contributed by atoms with E-state index in [0.29, 0.717) is 0 Å². The Hall–Kier alpha value is 0.985. The third-order valence-corrected chi connectivity index (χ3v) is 0.821. The van der Waals surface area contributed by atoms with Crippen molar-refractivity contribution in [3.63, 3.8) is 0 Å². The third-order valence-electron chi connectivity index (χ3n) is 0.293. The smallest absolute Gasteiger partial charge is 0.417 e. The summed E-state index contributed by atoms with van der Waals surface area (Å²) in [6.45, 7) is 2.68. The summed E-state index contributed by atoms with van der Waals surface area (Å²) in [5, 5.41) is 0. The Balaban J connectivity index is 2.63. The highest BCUT2D eigenvalue weighted by atomic mass is 79.9. The Kier molecular flexibility index (Phi) is 4.83. The average molecular weight is 216 g/mol. The van der Waals surface area contributed by atoms with Gasteiger partial charge >= 0.3 is 4.56 Å². The molecule has 6 heavy (non-hydrogen) atoms. The number of hydrogen-bond donors (Lipinski definition) is 0. The highest BCUT2D eigenvalue weighted by Gasteiger charge is 1.99. The van der Waals surface area contributed by atoms with Gasteiger partial charge in [-0.1, -0.05) is 0 Å². The highest BCUT2D eigenvalue weighted by Crippen LogP contribution is 2.01. The van der Waals surface area contributed by atoms with Gasteiger partial charge in [0.1, 0.15) is 0 Å². The summed E-state index contributed by atoms with van der Waals surface area (Å²) >= 11 is 6.26. The Morgan fingerprint density at radius 2 is 2.17 bits per heavy atom. The molecule has 0 radical (unpaired) electrons. The lowest BCUT2D eigenvalue weighted by molar-refractivity contribution is 0.369. The van der Waals surface area contributed by atoms with Crippen LogP contribution in [-0.2, 0) is 4.65 Å². The lowest BCUT2D eigenvalue weighted by Crippen LogP contribution is -1.97. The zero-order valence-electron chi connectivity index (χ0n) is 3.45. The van der Waals surface area contributed by atoms with E-state index in [4.69, 9.17) is 4.65 Å². The molecule has 0 aliphatic rings. The Morgan fingerprint density at radius 3 is 2.17 bits per heavy atom. The molecule has 0 atom stereocenters. The second kappa shape index (κ2) is 4.15. The minimum atomic E-state index is 0.0231. The van der Waals surface area contributed by atoms with Crippen LogP contribution in [0.3, 0.4) is 0 Å². The maximum atomic E-state index is 4.88. The second-order valence-electron chi connectivity index (χ2n) is 0.716. The second-order valence-corrected chi connectivity index (χ2v) is 3.61. The van der Waals surface area contributed by atoms with E-state index < -0.39 is 0 Å². The Bertz CT molecular complexity index is 32.7. The van der Waals surface area contributed by atoms with Gasteiger partial charge in [-0.2, -0.15) is 0 Å². The average Bonchev–Trinajstić information content (AvgIpc) is 1.35. The predicted molar refractivity (Wildman–Crippen MR) is 35.2 cm³/mol. The van der Waals surface area contributed by atoms with Crippen molar-refractivity contribution in [1.82, 2.24) is 0 Å². The van der Waals surface area contributed by atoms with Gasteiger partial charge in [-0.25, -0.2) is 0 Å². The molecule has 0 aliphatic carbocycles. The first-order valence-electron chi connectivity index (χ1n) is 1.67. The van der Waals surface area contributed by atoms with Gasteiger partial charge in [0.05, 0.1) is 0 Å². The molecular formula is C2H5BBr2O. The zero-order chi connectivity index (χ0) is 4.99. The van der Waals surface area contributed by atoms with E-state index in [1.807, 2.05) is 6.92 Å². The monoisotopic (exact) mass is 214 g/mol. The predicted octanol–water partition coefficient (Wildman–Crippen LogP) is 1.80. The third kappa shape index (κ3) is 4.98. The fourth-order valence-electron chi connectivity index (χ4n) is 0.126. The molecule has 0 N–H and O–H groups in total. The molecule has 0 fully saturated rings. The van der Waals surface area contributed by atoms with Gasteiger partial charge < -0.3 is 4.65 Å². The van der Waals surface area contributed by atoms with Crippen LogP contribution in [-0.4, -0.2) is 11.2 Å². The maximum Gasteiger partial charge on any atom is 0.449 e. The van der Waals surface area contributed by atoms with Crippen LogP contribution in [0.4, 0.5) is 0 Å². The van der Waals surface area contributed by atoms with E-state index in [9.17, 15) is 0 Å². The van der Waals surface area contributed by atoms with Crippen molar-refractivity contribution in [2.24, 2.45) is 0 Å². The highest BCUT2D eigenvalue weighted by molar-refractivity contribution is 9.48. The zero-order valence-corrected chi connectivity index (χ0v) is 6.62. The molecule has 4 heteroatoms. The Labute approximate surface area is 54.5 Å². The molecule has 0 aromatic heterocycles.